The Hall–Kier alpha value is -1.04. The second kappa shape index (κ2) is 3.02. The average Bonchev–Trinajstić information content (AvgIpc) is 2.26. The van der Waals surface area contributed by atoms with Crippen molar-refractivity contribution in [1.82, 2.24) is 8.72 Å². The van der Waals surface area contributed by atoms with Gasteiger partial charge in [0.05, 0.1) is 12.8 Å². The van der Waals surface area contributed by atoms with Gasteiger partial charge in [0, 0.05) is 11.8 Å². The van der Waals surface area contributed by atoms with Gasteiger partial charge in [-0.1, -0.05) is 0 Å². The number of halogens is 1. The molecule has 0 aromatic carbocycles. The number of carbonyl (C=O) groups is 1. The van der Waals surface area contributed by atoms with Crippen LogP contribution < -0.4 is 0 Å². The molecule has 1 aliphatic rings. The van der Waals surface area contributed by atoms with Gasteiger partial charge in [-0.05, 0) is 0 Å². The molecule has 1 fully saturated rings. The highest BCUT2D eigenvalue weighted by atomic mass is 35.5. The predicted molar refractivity (Wildman–Crippen MR) is 43.8 cm³/mol. The van der Waals surface area contributed by atoms with Crippen molar-refractivity contribution in [1.29, 1.82) is 0 Å². The molecule has 0 bridgehead atoms. The third-order valence-electron chi connectivity index (χ3n) is 1.36. The molecule has 0 aromatic rings. The van der Waals surface area contributed by atoms with E-state index in [1.54, 1.807) is 0 Å². The normalized spacial score (nSPS) is 18.0. The number of urea groups is 1. The van der Waals surface area contributed by atoms with Gasteiger partial charge >= 0.3 is 6.03 Å². The summed E-state index contributed by atoms with van der Waals surface area (Å²) in [4.78, 5) is 21.3. The summed E-state index contributed by atoms with van der Waals surface area (Å²) in [6, 6.07) is -0.956. The molecule has 0 radical (unpaired) electrons. The number of hydrogen-bond acceptors (Lipinski definition) is 4. The molecule has 13 heavy (non-hydrogen) atoms. The van der Waals surface area contributed by atoms with Crippen molar-refractivity contribution in [3.63, 3.8) is 0 Å². The summed E-state index contributed by atoms with van der Waals surface area (Å²) >= 11 is 5.31. The molecule has 0 saturated carbocycles. The fourth-order valence-electron chi connectivity index (χ4n) is 0.893. The zero-order valence-electron chi connectivity index (χ0n) is 6.52. The Balaban J connectivity index is 3.23. The van der Waals surface area contributed by atoms with Crippen LogP contribution in [0, 0.1) is 0 Å². The van der Waals surface area contributed by atoms with Crippen molar-refractivity contribution < 1.29 is 18.0 Å². The minimum absolute atomic E-state index is 0.253. The summed E-state index contributed by atoms with van der Waals surface area (Å²) in [7, 11) is -3.79. The summed E-state index contributed by atoms with van der Waals surface area (Å²) in [5.41, 5.74) is -0.303. The van der Waals surface area contributed by atoms with Gasteiger partial charge in [-0.15, -0.1) is 0 Å². The van der Waals surface area contributed by atoms with Crippen LogP contribution >= 0.6 is 11.8 Å². The molecular weight excluding hydrogens is 220 g/mol. The molecule has 8 heteroatoms. The van der Waals surface area contributed by atoms with E-state index < -0.39 is 16.1 Å². The molecule has 1 heterocycles. The van der Waals surface area contributed by atoms with E-state index in [4.69, 9.17) is 11.8 Å². The standard InChI is InChI=1S/C5H5ClN2O4S/c1-13(11,12)8-4(3-9)2-7(6)5(8)10/h2H2,1H3. The van der Waals surface area contributed by atoms with Crippen LogP contribution in [0.15, 0.2) is 5.70 Å². The molecule has 0 N–H and O–H groups in total. The van der Waals surface area contributed by atoms with Crippen molar-refractivity contribution in [3.05, 3.63) is 5.70 Å². The van der Waals surface area contributed by atoms with Crippen LogP contribution in [0.5, 0.6) is 0 Å². The van der Waals surface area contributed by atoms with Crippen LogP contribution in [0.2, 0.25) is 0 Å². The number of nitrogens with zero attached hydrogens (tertiary/aromatic N) is 2. The number of rotatable bonds is 1. The third-order valence-corrected chi connectivity index (χ3v) is 2.67. The summed E-state index contributed by atoms with van der Waals surface area (Å²) in [6.07, 6.45) is 0.804. The van der Waals surface area contributed by atoms with Crippen LogP contribution in [0.1, 0.15) is 0 Å². The average molecular weight is 225 g/mol. The Morgan fingerprint density at radius 1 is 1.54 bits per heavy atom. The van der Waals surface area contributed by atoms with Crippen LogP contribution in [0.3, 0.4) is 0 Å². The lowest BCUT2D eigenvalue weighted by Crippen LogP contribution is -2.32. The Bertz CT molecular complexity index is 397. The van der Waals surface area contributed by atoms with E-state index in [0.717, 1.165) is 6.26 Å². The Kier molecular flexibility index (Phi) is 2.34. The van der Waals surface area contributed by atoms with Crippen molar-refractivity contribution in [2.45, 2.75) is 0 Å². The van der Waals surface area contributed by atoms with E-state index in [1.807, 2.05) is 0 Å². The summed E-state index contributed by atoms with van der Waals surface area (Å²) in [5, 5.41) is 0. The van der Waals surface area contributed by atoms with Gasteiger partial charge in [-0.2, -0.15) is 4.31 Å². The smallest absolute Gasteiger partial charge is 0.245 e. The number of sulfonamides is 1. The van der Waals surface area contributed by atoms with Crippen molar-refractivity contribution in [2.75, 3.05) is 12.8 Å². The first-order valence-electron chi connectivity index (χ1n) is 3.09. The van der Waals surface area contributed by atoms with Crippen LogP contribution in [-0.4, -0.2) is 41.9 Å². The second-order valence-electron chi connectivity index (χ2n) is 2.38. The third kappa shape index (κ3) is 1.67. The minimum Gasteiger partial charge on any atom is -0.245 e. The zero-order valence-corrected chi connectivity index (χ0v) is 8.09. The molecule has 6 nitrogen and oxygen atoms in total. The van der Waals surface area contributed by atoms with E-state index in [-0.39, 0.29) is 12.2 Å². The van der Waals surface area contributed by atoms with Gasteiger partial charge in [0.25, 0.3) is 0 Å². The molecule has 2 amide bonds. The van der Waals surface area contributed by atoms with Crippen LogP contribution in [0.25, 0.3) is 0 Å². The topological polar surface area (TPSA) is 74.8 Å². The highest BCUT2D eigenvalue weighted by Gasteiger charge is 2.39. The number of amides is 2. The molecular formula is C5H5ClN2O4S. The van der Waals surface area contributed by atoms with Gasteiger partial charge in [-0.3, -0.25) is 0 Å². The first-order chi connectivity index (χ1) is 5.88. The van der Waals surface area contributed by atoms with E-state index in [1.165, 1.54) is 5.94 Å². The quantitative estimate of drug-likeness (QED) is 0.447. The monoisotopic (exact) mass is 224 g/mol. The fraction of sp³-hybridized carbons (Fsp3) is 0.400. The maximum Gasteiger partial charge on any atom is 0.353 e. The Morgan fingerprint density at radius 3 is 2.38 bits per heavy atom. The Labute approximate surface area is 79.5 Å². The predicted octanol–water partition coefficient (Wildman–Crippen LogP) is -0.447. The molecule has 1 aliphatic heterocycles. The largest absolute Gasteiger partial charge is 0.353 e. The number of carbonyl (C=O) groups excluding carboxylic acids is 2. The summed E-state index contributed by atoms with van der Waals surface area (Å²) in [6.45, 7) is -0.253. The van der Waals surface area contributed by atoms with Crippen molar-refractivity contribution >= 4 is 33.8 Å². The lowest BCUT2D eigenvalue weighted by Gasteiger charge is -2.10. The van der Waals surface area contributed by atoms with Crippen molar-refractivity contribution in [3.8, 4) is 0 Å². The fourth-order valence-corrected chi connectivity index (χ4v) is 2.00. The summed E-state index contributed by atoms with van der Waals surface area (Å²) in [5.74, 6) is 1.35. The molecule has 0 aliphatic carbocycles. The molecule has 0 spiro atoms. The van der Waals surface area contributed by atoms with E-state index in [0.29, 0.717) is 8.72 Å². The first kappa shape index (κ1) is 10.0. The highest BCUT2D eigenvalue weighted by Crippen LogP contribution is 2.21. The van der Waals surface area contributed by atoms with Crippen molar-refractivity contribution in [2.24, 2.45) is 0 Å². The summed E-state index contributed by atoms with van der Waals surface area (Å²) < 4.78 is 22.9. The molecule has 72 valence electrons. The molecule has 0 unspecified atom stereocenters. The lowest BCUT2D eigenvalue weighted by atomic mass is 10.5. The lowest BCUT2D eigenvalue weighted by molar-refractivity contribution is 0.226. The van der Waals surface area contributed by atoms with Crippen LogP contribution in [-0.2, 0) is 14.8 Å². The van der Waals surface area contributed by atoms with Gasteiger partial charge in [-0.25, -0.2) is 22.4 Å². The highest BCUT2D eigenvalue weighted by molar-refractivity contribution is 7.89. The van der Waals surface area contributed by atoms with E-state index in [9.17, 15) is 18.0 Å². The SMILES string of the molecule is CS(=O)(=O)N1C(=O)N(Cl)CC1=C=O. The van der Waals surface area contributed by atoms with Gasteiger partial charge in [0.15, 0.2) is 0 Å². The van der Waals surface area contributed by atoms with E-state index >= 15 is 0 Å². The maximum absolute atomic E-state index is 11.1. The zero-order chi connectivity index (χ0) is 10.2. The number of hydrogen-bond donors (Lipinski definition) is 0. The van der Waals surface area contributed by atoms with Crippen LogP contribution in [0.4, 0.5) is 4.79 Å². The maximum atomic E-state index is 11.1. The first-order valence-corrected chi connectivity index (χ1v) is 5.28. The van der Waals surface area contributed by atoms with Gasteiger partial charge in [0.1, 0.15) is 11.6 Å². The minimum atomic E-state index is -3.79. The molecule has 1 saturated heterocycles. The van der Waals surface area contributed by atoms with Gasteiger partial charge < -0.3 is 0 Å². The molecule has 1 rings (SSSR count). The second-order valence-corrected chi connectivity index (χ2v) is 4.62. The van der Waals surface area contributed by atoms with Gasteiger partial charge in [0.2, 0.25) is 10.0 Å². The molecule has 0 aromatic heterocycles. The van der Waals surface area contributed by atoms with E-state index in [2.05, 4.69) is 0 Å². The Morgan fingerprint density at radius 2 is 2.08 bits per heavy atom. The molecule has 0 atom stereocenters.